The van der Waals surface area contributed by atoms with E-state index in [4.69, 9.17) is 11.6 Å². The van der Waals surface area contributed by atoms with Crippen LogP contribution in [0.2, 0.25) is 5.02 Å². The van der Waals surface area contributed by atoms with Crippen LogP contribution >= 0.6 is 23.4 Å². The van der Waals surface area contributed by atoms with Gasteiger partial charge in [-0.1, -0.05) is 72.3 Å². The van der Waals surface area contributed by atoms with Crippen LogP contribution < -0.4 is 0 Å². The number of thioether (sulfide) groups is 1. The Morgan fingerprint density at radius 1 is 0.619 bits per heavy atom. The minimum atomic E-state index is 0.269. The van der Waals surface area contributed by atoms with E-state index in [1.807, 2.05) is 30.0 Å². The summed E-state index contributed by atoms with van der Waals surface area (Å²) in [7, 11) is 0. The maximum Gasteiger partial charge on any atom is 0.0593 e. The molecule has 0 amide bonds. The maximum atomic E-state index is 6.02. The monoisotopic (exact) mass is 310 g/mol. The summed E-state index contributed by atoms with van der Waals surface area (Å²) in [6.45, 7) is 0. The number of halogens is 1. The zero-order valence-corrected chi connectivity index (χ0v) is 13.0. The fourth-order valence-electron chi connectivity index (χ4n) is 2.23. The molecule has 3 aromatic rings. The fraction of sp³-hybridized carbons (Fsp3) is 0.0526. The molecule has 1 atom stereocenters. The van der Waals surface area contributed by atoms with Crippen molar-refractivity contribution in [2.75, 3.05) is 0 Å². The number of rotatable bonds is 4. The van der Waals surface area contributed by atoms with E-state index in [-0.39, 0.29) is 5.25 Å². The minimum Gasteiger partial charge on any atom is -0.113 e. The zero-order chi connectivity index (χ0) is 14.5. The first-order valence-electron chi connectivity index (χ1n) is 6.85. The predicted octanol–water partition coefficient (Wildman–Crippen LogP) is 6.22. The van der Waals surface area contributed by atoms with Gasteiger partial charge in [0.25, 0.3) is 0 Å². The molecule has 0 aliphatic carbocycles. The summed E-state index contributed by atoms with van der Waals surface area (Å²) in [4.78, 5) is 1.27. The molecule has 3 rings (SSSR count). The van der Waals surface area contributed by atoms with Crippen LogP contribution in [-0.4, -0.2) is 0 Å². The molecule has 3 aromatic carbocycles. The highest BCUT2D eigenvalue weighted by molar-refractivity contribution is 7.99. The molecule has 104 valence electrons. The molecule has 21 heavy (non-hydrogen) atoms. The van der Waals surface area contributed by atoms with Gasteiger partial charge in [0.1, 0.15) is 0 Å². The van der Waals surface area contributed by atoms with E-state index >= 15 is 0 Å². The maximum absolute atomic E-state index is 6.02. The van der Waals surface area contributed by atoms with Crippen molar-refractivity contribution in [3.8, 4) is 0 Å². The molecule has 0 aliphatic rings. The molecule has 0 spiro atoms. The third kappa shape index (κ3) is 3.69. The van der Waals surface area contributed by atoms with Gasteiger partial charge in [-0.25, -0.2) is 0 Å². The molecule has 0 aliphatic heterocycles. The fourth-order valence-corrected chi connectivity index (χ4v) is 3.53. The van der Waals surface area contributed by atoms with E-state index in [1.165, 1.54) is 16.0 Å². The summed E-state index contributed by atoms with van der Waals surface area (Å²) in [5.41, 5.74) is 2.56. The zero-order valence-electron chi connectivity index (χ0n) is 11.4. The van der Waals surface area contributed by atoms with Crippen molar-refractivity contribution in [3.63, 3.8) is 0 Å². The van der Waals surface area contributed by atoms with Crippen molar-refractivity contribution >= 4 is 23.4 Å². The lowest BCUT2D eigenvalue weighted by molar-refractivity contribution is 1.15. The van der Waals surface area contributed by atoms with Crippen LogP contribution in [0.25, 0.3) is 0 Å². The van der Waals surface area contributed by atoms with Gasteiger partial charge < -0.3 is 0 Å². The van der Waals surface area contributed by atoms with Crippen molar-refractivity contribution in [1.82, 2.24) is 0 Å². The van der Waals surface area contributed by atoms with Crippen LogP contribution in [0.1, 0.15) is 16.4 Å². The second-order valence-electron chi connectivity index (χ2n) is 4.77. The average molecular weight is 311 g/mol. The highest BCUT2D eigenvalue weighted by Crippen LogP contribution is 2.40. The third-order valence-electron chi connectivity index (χ3n) is 3.27. The van der Waals surface area contributed by atoms with E-state index in [0.717, 1.165) is 5.02 Å². The lowest BCUT2D eigenvalue weighted by Gasteiger charge is -2.18. The lowest BCUT2D eigenvalue weighted by Crippen LogP contribution is -1.96. The van der Waals surface area contributed by atoms with Crippen LogP contribution in [0.15, 0.2) is 89.8 Å². The van der Waals surface area contributed by atoms with Gasteiger partial charge in [-0.05, 0) is 35.4 Å². The van der Waals surface area contributed by atoms with E-state index < -0.39 is 0 Å². The van der Waals surface area contributed by atoms with E-state index in [0.29, 0.717) is 0 Å². The Morgan fingerprint density at radius 2 is 1.14 bits per heavy atom. The molecule has 0 heterocycles. The van der Waals surface area contributed by atoms with Gasteiger partial charge in [-0.2, -0.15) is 0 Å². The van der Waals surface area contributed by atoms with E-state index in [9.17, 15) is 0 Å². The number of benzene rings is 3. The number of hydrogen-bond donors (Lipinski definition) is 0. The van der Waals surface area contributed by atoms with Gasteiger partial charge in [0.05, 0.1) is 5.25 Å². The number of hydrogen-bond acceptors (Lipinski definition) is 1. The van der Waals surface area contributed by atoms with E-state index in [2.05, 4.69) is 66.7 Å². The van der Waals surface area contributed by atoms with Crippen molar-refractivity contribution < 1.29 is 0 Å². The van der Waals surface area contributed by atoms with Crippen LogP contribution in [0.4, 0.5) is 0 Å². The van der Waals surface area contributed by atoms with Crippen LogP contribution in [0.5, 0.6) is 0 Å². The Labute approximate surface area is 134 Å². The summed E-state index contributed by atoms with van der Waals surface area (Å²) < 4.78 is 0. The molecule has 0 fully saturated rings. The Bertz CT molecular complexity index is 678. The smallest absolute Gasteiger partial charge is 0.0593 e. The molecule has 0 nitrogen and oxygen atoms in total. The molecule has 0 N–H and O–H groups in total. The first kappa shape index (κ1) is 14.2. The highest BCUT2D eigenvalue weighted by Gasteiger charge is 2.15. The van der Waals surface area contributed by atoms with Crippen molar-refractivity contribution in [3.05, 3.63) is 101 Å². The Morgan fingerprint density at radius 3 is 1.76 bits per heavy atom. The third-order valence-corrected chi connectivity index (χ3v) is 4.85. The topological polar surface area (TPSA) is 0 Å². The second-order valence-corrected chi connectivity index (χ2v) is 6.39. The summed E-state index contributed by atoms with van der Waals surface area (Å²) in [6.07, 6.45) is 0. The van der Waals surface area contributed by atoms with Gasteiger partial charge >= 0.3 is 0 Å². The molecule has 0 radical (unpaired) electrons. The Hall–Kier alpha value is -1.70. The van der Waals surface area contributed by atoms with Gasteiger partial charge in [0.15, 0.2) is 0 Å². The van der Waals surface area contributed by atoms with Crippen LogP contribution in [-0.2, 0) is 0 Å². The van der Waals surface area contributed by atoms with Crippen LogP contribution in [0, 0.1) is 0 Å². The predicted molar refractivity (Wildman–Crippen MR) is 92.0 cm³/mol. The van der Waals surface area contributed by atoms with Crippen LogP contribution in [0.3, 0.4) is 0 Å². The van der Waals surface area contributed by atoms with Crippen molar-refractivity contribution in [2.45, 2.75) is 10.1 Å². The van der Waals surface area contributed by atoms with Crippen molar-refractivity contribution in [1.29, 1.82) is 0 Å². The quantitative estimate of drug-likeness (QED) is 0.515. The van der Waals surface area contributed by atoms with Gasteiger partial charge in [0.2, 0.25) is 0 Å². The molecule has 2 heteroatoms. The van der Waals surface area contributed by atoms with Crippen molar-refractivity contribution in [2.24, 2.45) is 0 Å². The van der Waals surface area contributed by atoms with Gasteiger partial charge in [0, 0.05) is 9.92 Å². The Kier molecular flexibility index (Phi) is 4.64. The SMILES string of the molecule is Clc1ccc([C@H](Sc2ccccc2)c2ccccc2)cc1. The van der Waals surface area contributed by atoms with E-state index in [1.54, 1.807) is 0 Å². The first-order chi connectivity index (χ1) is 10.3. The average Bonchev–Trinajstić information content (AvgIpc) is 2.55. The molecular weight excluding hydrogens is 296 g/mol. The minimum absolute atomic E-state index is 0.269. The molecule has 0 unspecified atom stereocenters. The van der Waals surface area contributed by atoms with Gasteiger partial charge in [-0.3, -0.25) is 0 Å². The standard InChI is InChI=1S/C19H15ClS/c20-17-13-11-16(12-14-17)19(15-7-3-1-4-8-15)21-18-9-5-2-6-10-18/h1-14,19H/t19-/m1/s1. The first-order valence-corrected chi connectivity index (χ1v) is 8.11. The second kappa shape index (κ2) is 6.84. The van der Waals surface area contributed by atoms with Gasteiger partial charge in [-0.15, -0.1) is 11.8 Å². The molecule has 0 saturated carbocycles. The molecular formula is C19H15ClS. The summed E-state index contributed by atoms with van der Waals surface area (Å²) in [6, 6.07) is 29.2. The summed E-state index contributed by atoms with van der Waals surface area (Å²) in [5.74, 6) is 0. The summed E-state index contributed by atoms with van der Waals surface area (Å²) >= 11 is 7.87. The molecule has 0 aromatic heterocycles. The molecule has 0 saturated heterocycles. The molecule has 0 bridgehead atoms. The Balaban J connectivity index is 1.97. The normalized spacial score (nSPS) is 12.0. The largest absolute Gasteiger partial charge is 0.113 e. The highest BCUT2D eigenvalue weighted by atomic mass is 35.5. The lowest BCUT2D eigenvalue weighted by atomic mass is 10.0. The summed E-state index contributed by atoms with van der Waals surface area (Å²) in [5, 5.41) is 1.04.